The molecule has 0 radical (unpaired) electrons. The summed E-state index contributed by atoms with van der Waals surface area (Å²) in [5.41, 5.74) is 8.65. The van der Waals surface area contributed by atoms with Crippen LogP contribution >= 0.6 is 11.6 Å². The lowest BCUT2D eigenvalue weighted by Gasteiger charge is -2.06. The zero-order chi connectivity index (χ0) is 17.7. The largest absolute Gasteiger partial charge is 0.506 e. The molecule has 0 saturated carbocycles. The number of benzene rings is 2. The second kappa shape index (κ2) is 7.47. The van der Waals surface area contributed by atoms with Crippen LogP contribution in [0.1, 0.15) is 26.3 Å². The van der Waals surface area contributed by atoms with Gasteiger partial charge in [0.25, 0.3) is 11.8 Å². The lowest BCUT2D eigenvalue weighted by molar-refractivity contribution is 0.0953. The SMILES string of the molecule is COc1cc(C=NNC(=O)c2ccc(O)c(Cl)c2)ccc1C(N)=O. The highest BCUT2D eigenvalue weighted by molar-refractivity contribution is 6.32. The minimum Gasteiger partial charge on any atom is -0.506 e. The number of carbonyl (C=O) groups is 2. The van der Waals surface area contributed by atoms with Crippen LogP contribution in [-0.2, 0) is 0 Å². The van der Waals surface area contributed by atoms with E-state index >= 15 is 0 Å². The molecule has 0 heterocycles. The summed E-state index contributed by atoms with van der Waals surface area (Å²) < 4.78 is 5.08. The van der Waals surface area contributed by atoms with Crippen molar-refractivity contribution in [1.82, 2.24) is 5.43 Å². The minimum absolute atomic E-state index is 0.0680. The third-order valence-electron chi connectivity index (χ3n) is 3.08. The number of carbonyl (C=O) groups excluding carboxylic acids is 2. The van der Waals surface area contributed by atoms with Crippen molar-refractivity contribution < 1.29 is 19.4 Å². The predicted octanol–water partition coefficient (Wildman–Crippen LogP) is 1.92. The number of ether oxygens (including phenoxy) is 1. The monoisotopic (exact) mass is 347 g/mol. The molecule has 0 aliphatic heterocycles. The molecule has 0 bridgehead atoms. The summed E-state index contributed by atoms with van der Waals surface area (Å²) in [4.78, 5) is 23.1. The molecule has 0 atom stereocenters. The van der Waals surface area contributed by atoms with Gasteiger partial charge < -0.3 is 15.6 Å². The Morgan fingerprint density at radius 3 is 2.67 bits per heavy atom. The number of hydrogen-bond acceptors (Lipinski definition) is 5. The van der Waals surface area contributed by atoms with Crippen molar-refractivity contribution in [1.29, 1.82) is 0 Å². The third-order valence-corrected chi connectivity index (χ3v) is 3.38. The van der Waals surface area contributed by atoms with Gasteiger partial charge in [-0.25, -0.2) is 5.43 Å². The van der Waals surface area contributed by atoms with Crippen LogP contribution in [0.4, 0.5) is 0 Å². The smallest absolute Gasteiger partial charge is 0.271 e. The van der Waals surface area contributed by atoms with E-state index in [-0.39, 0.29) is 21.9 Å². The van der Waals surface area contributed by atoms with Gasteiger partial charge in [0.05, 0.1) is 23.9 Å². The molecule has 2 aromatic carbocycles. The van der Waals surface area contributed by atoms with E-state index in [9.17, 15) is 14.7 Å². The van der Waals surface area contributed by atoms with Gasteiger partial charge in [0.15, 0.2) is 0 Å². The van der Waals surface area contributed by atoms with Crippen LogP contribution in [0.3, 0.4) is 0 Å². The zero-order valence-corrected chi connectivity index (χ0v) is 13.4. The first-order valence-electron chi connectivity index (χ1n) is 6.72. The Hall–Kier alpha value is -3.06. The van der Waals surface area contributed by atoms with Crippen molar-refractivity contribution in [3.63, 3.8) is 0 Å². The molecule has 0 spiro atoms. The molecule has 0 fully saturated rings. The number of phenolic OH excluding ortho intramolecular Hbond substituents is 1. The number of phenols is 1. The molecule has 124 valence electrons. The maximum Gasteiger partial charge on any atom is 0.271 e. The quantitative estimate of drug-likeness (QED) is 0.566. The van der Waals surface area contributed by atoms with E-state index in [1.165, 1.54) is 37.6 Å². The first-order chi connectivity index (χ1) is 11.4. The van der Waals surface area contributed by atoms with Crippen molar-refractivity contribution in [3.8, 4) is 11.5 Å². The van der Waals surface area contributed by atoms with Crippen LogP contribution in [0, 0.1) is 0 Å². The molecule has 2 rings (SSSR count). The van der Waals surface area contributed by atoms with E-state index in [0.29, 0.717) is 11.3 Å². The van der Waals surface area contributed by atoms with Gasteiger partial charge in [-0.05, 0) is 35.9 Å². The number of rotatable bonds is 5. The van der Waals surface area contributed by atoms with Gasteiger partial charge in [0.2, 0.25) is 0 Å². The first kappa shape index (κ1) is 17.3. The summed E-state index contributed by atoms with van der Waals surface area (Å²) in [5.74, 6) is -0.900. The first-order valence-corrected chi connectivity index (χ1v) is 7.10. The molecule has 8 heteroatoms. The number of nitrogens with one attached hydrogen (secondary N) is 1. The highest BCUT2D eigenvalue weighted by Gasteiger charge is 2.09. The molecular weight excluding hydrogens is 334 g/mol. The average Bonchev–Trinajstić information content (AvgIpc) is 2.56. The Balaban J connectivity index is 2.09. The lowest BCUT2D eigenvalue weighted by Crippen LogP contribution is -2.17. The molecule has 7 nitrogen and oxygen atoms in total. The molecule has 0 aliphatic rings. The van der Waals surface area contributed by atoms with Gasteiger partial charge in [0.1, 0.15) is 11.5 Å². The maximum absolute atomic E-state index is 11.9. The van der Waals surface area contributed by atoms with E-state index in [2.05, 4.69) is 10.5 Å². The van der Waals surface area contributed by atoms with Gasteiger partial charge in [-0.2, -0.15) is 5.10 Å². The normalized spacial score (nSPS) is 10.6. The van der Waals surface area contributed by atoms with Crippen LogP contribution < -0.4 is 15.9 Å². The van der Waals surface area contributed by atoms with Gasteiger partial charge in [-0.3, -0.25) is 9.59 Å². The van der Waals surface area contributed by atoms with Gasteiger partial charge in [-0.15, -0.1) is 0 Å². The predicted molar refractivity (Wildman–Crippen MR) is 89.7 cm³/mol. The number of amides is 2. The number of nitrogens with two attached hydrogens (primary N) is 1. The van der Waals surface area contributed by atoms with Crippen molar-refractivity contribution in [2.45, 2.75) is 0 Å². The molecule has 0 aliphatic carbocycles. The van der Waals surface area contributed by atoms with E-state index in [0.717, 1.165) is 0 Å². The van der Waals surface area contributed by atoms with Gasteiger partial charge >= 0.3 is 0 Å². The van der Waals surface area contributed by atoms with Crippen LogP contribution in [-0.4, -0.2) is 30.2 Å². The van der Waals surface area contributed by atoms with E-state index < -0.39 is 11.8 Å². The fourth-order valence-electron chi connectivity index (χ4n) is 1.87. The number of halogens is 1. The molecule has 24 heavy (non-hydrogen) atoms. The number of primary amides is 1. The van der Waals surface area contributed by atoms with E-state index in [1.54, 1.807) is 12.1 Å². The van der Waals surface area contributed by atoms with E-state index in [4.69, 9.17) is 22.1 Å². The highest BCUT2D eigenvalue weighted by atomic mass is 35.5. The Kier molecular flexibility index (Phi) is 5.39. The highest BCUT2D eigenvalue weighted by Crippen LogP contribution is 2.23. The average molecular weight is 348 g/mol. The topological polar surface area (TPSA) is 114 Å². The minimum atomic E-state index is -0.604. The number of methoxy groups -OCH3 is 1. The molecule has 4 N–H and O–H groups in total. The Bertz CT molecular complexity index is 821. The van der Waals surface area contributed by atoms with Crippen LogP contribution in [0.25, 0.3) is 0 Å². The summed E-state index contributed by atoms with van der Waals surface area (Å²) in [5, 5.41) is 13.2. The van der Waals surface area contributed by atoms with Crippen LogP contribution in [0.2, 0.25) is 5.02 Å². The van der Waals surface area contributed by atoms with Crippen molar-refractivity contribution in [3.05, 3.63) is 58.1 Å². The van der Waals surface area contributed by atoms with Gasteiger partial charge in [0, 0.05) is 5.56 Å². The third kappa shape index (κ3) is 4.02. The number of aromatic hydroxyl groups is 1. The number of hydrogen-bond donors (Lipinski definition) is 3. The fraction of sp³-hybridized carbons (Fsp3) is 0.0625. The zero-order valence-electron chi connectivity index (χ0n) is 12.6. The number of nitrogens with zero attached hydrogens (tertiary/aromatic N) is 1. The van der Waals surface area contributed by atoms with Crippen molar-refractivity contribution in [2.75, 3.05) is 7.11 Å². The Morgan fingerprint density at radius 1 is 1.29 bits per heavy atom. The molecule has 2 amide bonds. The van der Waals surface area contributed by atoms with Gasteiger partial charge in [-0.1, -0.05) is 17.7 Å². The fourth-order valence-corrected chi connectivity index (χ4v) is 2.05. The van der Waals surface area contributed by atoms with Crippen molar-refractivity contribution in [2.24, 2.45) is 10.8 Å². The summed E-state index contributed by atoms with van der Waals surface area (Å²) >= 11 is 5.74. The Morgan fingerprint density at radius 2 is 2.04 bits per heavy atom. The second-order valence-corrected chi connectivity index (χ2v) is 5.10. The molecule has 2 aromatic rings. The van der Waals surface area contributed by atoms with Crippen LogP contribution in [0.5, 0.6) is 11.5 Å². The lowest BCUT2D eigenvalue weighted by atomic mass is 10.1. The number of hydrazone groups is 1. The van der Waals surface area contributed by atoms with Crippen molar-refractivity contribution >= 4 is 29.6 Å². The Labute approximate surface area is 142 Å². The summed E-state index contributed by atoms with van der Waals surface area (Å²) in [6.07, 6.45) is 1.38. The summed E-state index contributed by atoms with van der Waals surface area (Å²) in [6.45, 7) is 0. The van der Waals surface area contributed by atoms with Crippen LogP contribution in [0.15, 0.2) is 41.5 Å². The summed E-state index contributed by atoms with van der Waals surface area (Å²) in [6, 6.07) is 8.73. The molecule has 0 unspecified atom stereocenters. The van der Waals surface area contributed by atoms with E-state index in [1.807, 2.05) is 0 Å². The second-order valence-electron chi connectivity index (χ2n) is 4.69. The molecule has 0 saturated heterocycles. The summed E-state index contributed by atoms with van der Waals surface area (Å²) in [7, 11) is 1.42. The maximum atomic E-state index is 11.9. The molecular formula is C16H14ClN3O4. The standard InChI is InChI=1S/C16H14ClN3O4/c1-24-14-6-9(2-4-11(14)15(18)22)8-19-20-16(23)10-3-5-13(21)12(17)7-10/h2-8,21H,1H3,(H2,18,22)(H,20,23). The molecule has 0 aromatic heterocycles.